The van der Waals surface area contributed by atoms with Gasteiger partial charge in [0, 0.05) is 5.75 Å². The highest BCUT2D eigenvalue weighted by Gasteiger charge is 2.25. The minimum atomic E-state index is -0.0218. The molecule has 0 aromatic heterocycles. The number of halogens is 1. The molecule has 0 amide bonds. The van der Waals surface area contributed by atoms with Crippen molar-refractivity contribution in [1.82, 2.24) is 0 Å². The van der Waals surface area contributed by atoms with Gasteiger partial charge in [-0.2, -0.15) is 5.26 Å². The van der Waals surface area contributed by atoms with Crippen molar-refractivity contribution < 1.29 is 0 Å². The Morgan fingerprint density at radius 2 is 2.29 bits per heavy atom. The van der Waals surface area contributed by atoms with Gasteiger partial charge < -0.3 is 5.32 Å². The van der Waals surface area contributed by atoms with E-state index in [9.17, 15) is 0 Å². The lowest BCUT2D eigenvalue weighted by Crippen LogP contribution is -2.15. The number of nitriles is 1. The molecule has 1 aromatic rings. The van der Waals surface area contributed by atoms with Crippen LogP contribution < -0.4 is 5.32 Å². The maximum Gasteiger partial charge on any atom is 0.161 e. The summed E-state index contributed by atoms with van der Waals surface area (Å²) >= 11 is 7.76. The number of aliphatic imine (C=N–C) groups is 1. The summed E-state index contributed by atoms with van der Waals surface area (Å²) in [6.45, 7) is 4.18. The minimum Gasteiger partial charge on any atom is -0.334 e. The Labute approximate surface area is 110 Å². The van der Waals surface area contributed by atoms with Crippen LogP contribution in [0.3, 0.4) is 0 Å². The third-order valence-corrected chi connectivity index (χ3v) is 3.94. The van der Waals surface area contributed by atoms with Crippen molar-refractivity contribution in [2.75, 3.05) is 11.1 Å². The minimum absolute atomic E-state index is 0.0218. The normalized spacial score (nSPS) is 17.4. The molecule has 1 heterocycles. The van der Waals surface area contributed by atoms with Gasteiger partial charge in [0.25, 0.3) is 0 Å². The van der Waals surface area contributed by atoms with E-state index < -0.39 is 0 Å². The largest absolute Gasteiger partial charge is 0.334 e. The molecule has 88 valence electrons. The number of benzene rings is 1. The summed E-state index contributed by atoms with van der Waals surface area (Å²) in [5.74, 6) is 0.962. The second kappa shape index (κ2) is 4.59. The fourth-order valence-electron chi connectivity index (χ4n) is 1.45. The van der Waals surface area contributed by atoms with Gasteiger partial charge in [-0.1, -0.05) is 23.4 Å². The van der Waals surface area contributed by atoms with E-state index in [-0.39, 0.29) is 5.54 Å². The lowest BCUT2D eigenvalue weighted by Gasteiger charge is -2.09. The molecule has 0 spiro atoms. The van der Waals surface area contributed by atoms with E-state index in [0.717, 1.165) is 16.6 Å². The zero-order valence-electron chi connectivity index (χ0n) is 9.62. The first-order chi connectivity index (χ1) is 8.00. The van der Waals surface area contributed by atoms with Crippen LogP contribution >= 0.6 is 23.4 Å². The first kappa shape index (κ1) is 12.3. The quantitative estimate of drug-likeness (QED) is 0.845. The average Bonchev–Trinajstić information content (AvgIpc) is 2.61. The number of hydrogen-bond acceptors (Lipinski definition) is 4. The van der Waals surface area contributed by atoms with Gasteiger partial charge in [-0.3, -0.25) is 4.99 Å². The van der Waals surface area contributed by atoms with Crippen LogP contribution in [-0.4, -0.2) is 16.5 Å². The summed E-state index contributed by atoms with van der Waals surface area (Å²) in [5, 5.41) is 13.4. The van der Waals surface area contributed by atoms with E-state index in [4.69, 9.17) is 16.9 Å². The van der Waals surface area contributed by atoms with Crippen LogP contribution in [0.15, 0.2) is 23.2 Å². The van der Waals surface area contributed by atoms with Crippen LogP contribution in [0, 0.1) is 11.3 Å². The fraction of sp³-hybridized carbons (Fsp3) is 0.333. The molecule has 1 N–H and O–H groups in total. The van der Waals surface area contributed by atoms with Crippen LogP contribution in [0.1, 0.15) is 19.4 Å². The predicted octanol–water partition coefficient (Wildman–Crippen LogP) is 3.50. The number of nitrogens with one attached hydrogen (secondary N) is 1. The van der Waals surface area contributed by atoms with Gasteiger partial charge in [0.05, 0.1) is 27.9 Å². The van der Waals surface area contributed by atoms with Crippen LogP contribution in [0.5, 0.6) is 0 Å². The van der Waals surface area contributed by atoms with E-state index in [1.807, 2.05) is 0 Å². The fourth-order valence-corrected chi connectivity index (χ4v) is 2.73. The Hall–Kier alpha value is -1.18. The average molecular weight is 266 g/mol. The van der Waals surface area contributed by atoms with Crippen molar-refractivity contribution in [1.29, 1.82) is 5.26 Å². The summed E-state index contributed by atoms with van der Waals surface area (Å²) in [6.07, 6.45) is 0. The number of hydrogen-bond donors (Lipinski definition) is 1. The van der Waals surface area contributed by atoms with E-state index in [1.54, 1.807) is 30.0 Å². The topological polar surface area (TPSA) is 48.2 Å². The van der Waals surface area contributed by atoms with E-state index in [0.29, 0.717) is 10.6 Å². The molecule has 2 rings (SSSR count). The number of thioether (sulfide) groups is 1. The first-order valence-electron chi connectivity index (χ1n) is 5.19. The molecular weight excluding hydrogens is 254 g/mol. The van der Waals surface area contributed by atoms with E-state index >= 15 is 0 Å². The molecule has 5 heteroatoms. The van der Waals surface area contributed by atoms with Crippen molar-refractivity contribution >= 4 is 34.2 Å². The van der Waals surface area contributed by atoms with Crippen molar-refractivity contribution in [3.05, 3.63) is 28.8 Å². The molecule has 0 fully saturated rings. The molecular formula is C12H12ClN3S. The van der Waals surface area contributed by atoms with Crippen molar-refractivity contribution in [2.24, 2.45) is 4.99 Å². The summed E-state index contributed by atoms with van der Waals surface area (Å²) in [5.41, 5.74) is 1.32. The van der Waals surface area contributed by atoms with Gasteiger partial charge in [-0.05, 0) is 32.0 Å². The van der Waals surface area contributed by atoms with Crippen molar-refractivity contribution in [2.45, 2.75) is 19.4 Å². The van der Waals surface area contributed by atoms with Gasteiger partial charge in [-0.25, -0.2) is 0 Å². The predicted molar refractivity (Wildman–Crippen MR) is 73.8 cm³/mol. The molecule has 0 saturated heterocycles. The Morgan fingerprint density at radius 1 is 1.53 bits per heavy atom. The molecule has 1 aliphatic heterocycles. The van der Waals surface area contributed by atoms with E-state index in [1.165, 1.54) is 0 Å². The molecule has 1 aliphatic rings. The molecule has 0 unspecified atom stereocenters. The highest BCUT2D eigenvalue weighted by molar-refractivity contribution is 8.14. The monoisotopic (exact) mass is 265 g/mol. The highest BCUT2D eigenvalue weighted by Crippen LogP contribution is 2.30. The summed E-state index contributed by atoms with van der Waals surface area (Å²) in [7, 11) is 0. The third kappa shape index (κ3) is 2.93. The molecule has 1 aromatic carbocycles. The molecule has 0 radical (unpaired) electrons. The maximum absolute atomic E-state index is 8.75. The lowest BCUT2D eigenvalue weighted by atomic mass is 10.1. The van der Waals surface area contributed by atoms with Gasteiger partial charge in [0.1, 0.15) is 0 Å². The Kier molecular flexibility index (Phi) is 3.32. The second-order valence-corrected chi connectivity index (χ2v) is 5.82. The second-order valence-electron chi connectivity index (χ2n) is 4.45. The van der Waals surface area contributed by atoms with Crippen LogP contribution in [0.4, 0.5) is 5.69 Å². The van der Waals surface area contributed by atoms with E-state index in [2.05, 4.69) is 30.2 Å². The molecule has 0 aliphatic carbocycles. The molecule has 3 nitrogen and oxygen atoms in total. The molecule has 0 saturated carbocycles. The van der Waals surface area contributed by atoms with Crippen molar-refractivity contribution in [3.63, 3.8) is 0 Å². The van der Waals surface area contributed by atoms with Gasteiger partial charge in [0.2, 0.25) is 0 Å². The van der Waals surface area contributed by atoms with Gasteiger partial charge in [-0.15, -0.1) is 0 Å². The maximum atomic E-state index is 8.75. The first-order valence-corrected chi connectivity index (χ1v) is 6.56. The smallest absolute Gasteiger partial charge is 0.161 e. The zero-order chi connectivity index (χ0) is 12.5. The van der Waals surface area contributed by atoms with Crippen LogP contribution in [-0.2, 0) is 0 Å². The number of rotatable bonds is 1. The molecule has 17 heavy (non-hydrogen) atoms. The van der Waals surface area contributed by atoms with Gasteiger partial charge in [0.15, 0.2) is 5.17 Å². The summed E-state index contributed by atoms with van der Waals surface area (Å²) in [4.78, 5) is 4.54. The lowest BCUT2D eigenvalue weighted by molar-refractivity contribution is 0.605. The number of amidine groups is 1. The standard InChI is InChI=1S/C12H12ClN3S/c1-12(2)7-17-11(16-12)15-10-4-3-8(6-14)5-9(10)13/h3-5H,7H2,1-2H3,(H,15,16). The summed E-state index contributed by atoms with van der Waals surface area (Å²) < 4.78 is 0. The number of nitrogens with zero attached hydrogens (tertiary/aromatic N) is 2. The summed E-state index contributed by atoms with van der Waals surface area (Å²) in [6, 6.07) is 7.24. The van der Waals surface area contributed by atoms with Crippen LogP contribution in [0.2, 0.25) is 5.02 Å². The Bertz CT molecular complexity index is 517. The Balaban J connectivity index is 2.18. The number of anilines is 1. The molecule has 0 atom stereocenters. The zero-order valence-corrected chi connectivity index (χ0v) is 11.2. The SMILES string of the molecule is CC1(C)CSC(Nc2ccc(C#N)cc2Cl)=N1. The Morgan fingerprint density at radius 3 is 2.82 bits per heavy atom. The van der Waals surface area contributed by atoms with Gasteiger partial charge >= 0.3 is 0 Å². The van der Waals surface area contributed by atoms with Crippen LogP contribution in [0.25, 0.3) is 0 Å². The third-order valence-electron chi connectivity index (χ3n) is 2.31. The molecule has 0 bridgehead atoms. The van der Waals surface area contributed by atoms with Crippen molar-refractivity contribution in [3.8, 4) is 6.07 Å². The highest BCUT2D eigenvalue weighted by atomic mass is 35.5.